The molecule has 2 atom stereocenters. The predicted octanol–water partition coefficient (Wildman–Crippen LogP) is 2.13. The molecule has 15 heteroatoms. The lowest BCUT2D eigenvalue weighted by atomic mass is 9.77. The van der Waals surface area contributed by atoms with E-state index in [-0.39, 0.29) is 42.5 Å². The van der Waals surface area contributed by atoms with Crippen molar-refractivity contribution in [3.05, 3.63) is 36.4 Å². The maximum absolute atomic E-state index is 13.7. The largest absolute Gasteiger partial charge is 0.449 e. The third-order valence-corrected chi connectivity index (χ3v) is 7.98. The Morgan fingerprint density at radius 2 is 1.90 bits per heavy atom. The van der Waals surface area contributed by atoms with Crippen molar-refractivity contribution in [2.45, 2.75) is 56.2 Å². The van der Waals surface area contributed by atoms with Gasteiger partial charge in [0.05, 0.1) is 35.6 Å². The molecule has 40 heavy (non-hydrogen) atoms. The summed E-state index contributed by atoms with van der Waals surface area (Å²) in [5.41, 5.74) is 11.0. The molecule has 6 rings (SSSR count). The fourth-order valence-electron chi connectivity index (χ4n) is 5.81. The first kappa shape index (κ1) is 26.3. The van der Waals surface area contributed by atoms with Gasteiger partial charge in [0, 0.05) is 19.5 Å². The molecule has 0 radical (unpaired) electrons. The number of imidazole rings is 2. The van der Waals surface area contributed by atoms with Crippen LogP contribution in [0.25, 0.3) is 22.2 Å². The van der Waals surface area contributed by atoms with Crippen molar-refractivity contribution in [3.8, 4) is 0 Å². The van der Waals surface area contributed by atoms with Crippen molar-refractivity contribution in [2.24, 2.45) is 0 Å². The third kappa shape index (κ3) is 4.38. The lowest BCUT2D eigenvalue weighted by molar-refractivity contribution is -0.201. The number of carbonyl (C=O) groups excluding carboxylic acids is 1. The van der Waals surface area contributed by atoms with E-state index in [0.717, 1.165) is 4.57 Å². The molecule has 1 amide bonds. The molecular formula is C25H28F3N9O3. The van der Waals surface area contributed by atoms with Crippen LogP contribution in [0.15, 0.2) is 30.6 Å². The Morgan fingerprint density at radius 3 is 2.62 bits per heavy atom. The second-order valence-corrected chi connectivity index (χ2v) is 10.7. The van der Waals surface area contributed by atoms with Crippen molar-refractivity contribution in [3.63, 3.8) is 0 Å². The number of nitrogens with zero attached hydrogens (tertiary/aromatic N) is 7. The summed E-state index contributed by atoms with van der Waals surface area (Å²) in [6.45, 7) is 1.78. The van der Waals surface area contributed by atoms with Gasteiger partial charge in [-0.2, -0.15) is 23.1 Å². The molecule has 2 saturated heterocycles. The fraction of sp³-hybridized carbons (Fsp3) is 0.480. The first-order valence-electron chi connectivity index (χ1n) is 12.8. The summed E-state index contributed by atoms with van der Waals surface area (Å²) in [4.78, 5) is 31.0. The predicted molar refractivity (Wildman–Crippen MR) is 138 cm³/mol. The Balaban J connectivity index is 1.21. The highest BCUT2D eigenvalue weighted by Crippen LogP contribution is 2.45. The number of rotatable bonds is 3. The highest BCUT2D eigenvalue weighted by Gasteiger charge is 2.50. The van der Waals surface area contributed by atoms with Crippen molar-refractivity contribution in [1.29, 1.82) is 0 Å². The Morgan fingerprint density at radius 1 is 1.18 bits per heavy atom. The molecule has 0 unspecified atom stereocenters. The zero-order valence-electron chi connectivity index (χ0n) is 21.6. The van der Waals surface area contributed by atoms with E-state index in [9.17, 15) is 23.1 Å². The Bertz CT molecular complexity index is 1610. The van der Waals surface area contributed by atoms with E-state index in [1.165, 1.54) is 12.1 Å². The summed E-state index contributed by atoms with van der Waals surface area (Å²) in [5, 5.41) is 11.2. The van der Waals surface area contributed by atoms with Crippen LogP contribution in [-0.2, 0) is 22.3 Å². The number of nitrogen functional groups attached to an aromatic ring is 2. The number of amides is 1. The number of fused-ring (bicyclic) bond motifs is 2. The van der Waals surface area contributed by atoms with Gasteiger partial charge in [0.1, 0.15) is 17.7 Å². The molecule has 212 valence electrons. The minimum atomic E-state index is -4.70. The average molecular weight is 560 g/mol. The maximum atomic E-state index is 13.7. The van der Waals surface area contributed by atoms with Gasteiger partial charge < -0.3 is 35.3 Å². The molecule has 0 bridgehead atoms. The van der Waals surface area contributed by atoms with Crippen LogP contribution in [-0.4, -0.2) is 75.9 Å². The van der Waals surface area contributed by atoms with Gasteiger partial charge in [0.2, 0.25) is 17.7 Å². The average Bonchev–Trinajstić information content (AvgIpc) is 3.48. The topological polar surface area (TPSA) is 163 Å². The summed E-state index contributed by atoms with van der Waals surface area (Å²) in [6.07, 6.45) is -1.89. The zero-order valence-corrected chi connectivity index (χ0v) is 21.6. The number of halogens is 3. The number of benzene rings is 1. The highest BCUT2D eigenvalue weighted by atomic mass is 19.4. The fourth-order valence-corrected chi connectivity index (χ4v) is 5.81. The monoisotopic (exact) mass is 559 g/mol. The highest BCUT2D eigenvalue weighted by molar-refractivity contribution is 5.83. The lowest BCUT2D eigenvalue weighted by Gasteiger charge is -2.51. The minimum absolute atomic E-state index is 0.0145. The SMILES string of the molecule is C[C@]1(O)COC2(CCN(C(=O)Cn3c(C(F)(F)F)nc4ccccc43)CC2)C[C@@H]1n1cnc2c(N)nc(N)nc21. The van der Waals surface area contributed by atoms with Gasteiger partial charge >= 0.3 is 6.18 Å². The van der Waals surface area contributed by atoms with E-state index in [2.05, 4.69) is 19.9 Å². The molecule has 2 fully saturated rings. The summed E-state index contributed by atoms with van der Waals surface area (Å²) >= 11 is 0. The number of alkyl halides is 3. The van der Waals surface area contributed by atoms with E-state index in [1.54, 1.807) is 34.9 Å². The van der Waals surface area contributed by atoms with E-state index in [1.807, 2.05) is 0 Å². The van der Waals surface area contributed by atoms with E-state index < -0.39 is 41.7 Å². The first-order chi connectivity index (χ1) is 18.9. The number of aromatic nitrogens is 6. The number of hydrogen-bond donors (Lipinski definition) is 3. The molecule has 5 heterocycles. The summed E-state index contributed by atoms with van der Waals surface area (Å²) in [6, 6.07) is 5.72. The van der Waals surface area contributed by atoms with Gasteiger partial charge in [-0.25, -0.2) is 9.97 Å². The van der Waals surface area contributed by atoms with Gasteiger partial charge in [-0.15, -0.1) is 0 Å². The number of anilines is 2. The summed E-state index contributed by atoms with van der Waals surface area (Å²) < 4.78 is 50.0. The molecule has 1 aromatic carbocycles. The van der Waals surface area contributed by atoms with Crippen molar-refractivity contribution >= 4 is 39.9 Å². The number of para-hydroxylation sites is 2. The summed E-state index contributed by atoms with van der Waals surface area (Å²) in [7, 11) is 0. The molecule has 4 aromatic rings. The maximum Gasteiger partial charge on any atom is 0.449 e. The smallest absolute Gasteiger partial charge is 0.386 e. The van der Waals surface area contributed by atoms with Gasteiger partial charge in [-0.05, 0) is 31.9 Å². The van der Waals surface area contributed by atoms with Gasteiger partial charge in [0.15, 0.2) is 11.5 Å². The minimum Gasteiger partial charge on any atom is -0.386 e. The van der Waals surface area contributed by atoms with E-state index in [0.29, 0.717) is 30.4 Å². The van der Waals surface area contributed by atoms with E-state index in [4.69, 9.17) is 16.2 Å². The molecule has 5 N–H and O–H groups in total. The Labute approximate surface area is 225 Å². The van der Waals surface area contributed by atoms with Gasteiger partial charge in [-0.3, -0.25) is 4.79 Å². The van der Waals surface area contributed by atoms with Gasteiger partial charge in [0.25, 0.3) is 0 Å². The van der Waals surface area contributed by atoms with E-state index >= 15 is 0 Å². The van der Waals surface area contributed by atoms with Crippen LogP contribution in [0, 0.1) is 0 Å². The second-order valence-electron chi connectivity index (χ2n) is 10.7. The van der Waals surface area contributed by atoms with Crippen LogP contribution in [0.1, 0.15) is 38.1 Å². The molecule has 2 aliphatic heterocycles. The van der Waals surface area contributed by atoms with Crippen LogP contribution in [0.4, 0.5) is 24.9 Å². The number of nitrogens with two attached hydrogens (primary N) is 2. The van der Waals surface area contributed by atoms with Crippen LogP contribution in [0.3, 0.4) is 0 Å². The number of carbonyl (C=O) groups is 1. The molecule has 0 aliphatic carbocycles. The Hall–Kier alpha value is -3.98. The normalized spacial score (nSPS) is 23.3. The number of piperidine rings is 1. The number of hydrogen-bond acceptors (Lipinski definition) is 9. The van der Waals surface area contributed by atoms with Crippen LogP contribution >= 0.6 is 0 Å². The van der Waals surface area contributed by atoms with Crippen LogP contribution in [0.2, 0.25) is 0 Å². The molecule has 1 spiro atoms. The van der Waals surface area contributed by atoms with Crippen molar-refractivity contribution in [2.75, 3.05) is 31.2 Å². The number of aliphatic hydroxyl groups is 1. The third-order valence-electron chi connectivity index (χ3n) is 7.98. The quantitative estimate of drug-likeness (QED) is 0.341. The molecule has 3 aromatic heterocycles. The first-order valence-corrected chi connectivity index (χ1v) is 12.8. The van der Waals surface area contributed by atoms with Gasteiger partial charge in [-0.1, -0.05) is 12.1 Å². The van der Waals surface area contributed by atoms with Crippen LogP contribution in [0.5, 0.6) is 0 Å². The zero-order chi connectivity index (χ0) is 28.4. The van der Waals surface area contributed by atoms with Crippen molar-refractivity contribution in [1.82, 2.24) is 34.0 Å². The second kappa shape index (κ2) is 9.02. The Kier molecular flexibility index (Phi) is 5.92. The number of likely N-dealkylation sites (tertiary alicyclic amines) is 1. The molecule has 0 saturated carbocycles. The molecular weight excluding hydrogens is 531 g/mol. The molecule has 2 aliphatic rings. The summed E-state index contributed by atoms with van der Waals surface area (Å²) in [5.74, 6) is -1.42. The number of ether oxygens (including phenoxy) is 1. The standard InChI is InChI=1S/C25H28F3N9O3/c1-23(39)12-40-24(10-16(23)37-13-31-18-19(29)33-22(30)34-20(18)37)6-8-35(9-7-24)17(38)11-36-15-5-3-2-4-14(15)32-21(36)25(26,27)28/h2-5,13,16,39H,6-12H2,1H3,(H4,29,30,33,34)/t16-,23-/m0/s1. The van der Waals surface area contributed by atoms with Crippen LogP contribution < -0.4 is 11.5 Å². The lowest BCUT2D eigenvalue weighted by Crippen LogP contribution is -2.57. The van der Waals surface area contributed by atoms with Crippen molar-refractivity contribution < 1.29 is 27.8 Å². The molecule has 12 nitrogen and oxygen atoms in total.